The zero-order valence-electron chi connectivity index (χ0n) is 12.5. The molecule has 2 aromatic rings. The van der Waals surface area contributed by atoms with Crippen molar-refractivity contribution in [1.29, 1.82) is 5.26 Å². The fourth-order valence-electron chi connectivity index (χ4n) is 2.25. The van der Waals surface area contributed by atoms with Crippen molar-refractivity contribution in [2.75, 3.05) is 26.0 Å². The summed E-state index contributed by atoms with van der Waals surface area (Å²) in [6.07, 6.45) is 0. The first-order valence-electron chi connectivity index (χ1n) is 6.87. The van der Waals surface area contributed by atoms with Crippen LogP contribution in [-0.2, 0) is 0 Å². The van der Waals surface area contributed by atoms with E-state index in [1.54, 1.807) is 43.3 Å². The first-order valence-corrected chi connectivity index (χ1v) is 6.87. The molecule has 114 valence electrons. The molecule has 1 unspecified atom stereocenters. The minimum absolute atomic E-state index is 0.0497. The van der Waals surface area contributed by atoms with Crippen LogP contribution >= 0.6 is 0 Å². The lowest BCUT2D eigenvalue weighted by Gasteiger charge is -2.26. The van der Waals surface area contributed by atoms with Crippen LogP contribution in [0.15, 0.2) is 42.5 Å². The second-order valence-corrected chi connectivity index (χ2v) is 5.18. The van der Waals surface area contributed by atoms with Crippen LogP contribution in [0.5, 0.6) is 0 Å². The normalized spacial score (nSPS) is 12.0. The number of hydrogen-bond acceptors (Lipinski definition) is 3. The summed E-state index contributed by atoms with van der Waals surface area (Å²) in [6.45, 7) is 0.344. The predicted molar refractivity (Wildman–Crippen MR) is 82.4 cm³/mol. The van der Waals surface area contributed by atoms with Gasteiger partial charge in [0, 0.05) is 17.8 Å². The first-order chi connectivity index (χ1) is 10.5. The van der Waals surface area contributed by atoms with Crippen molar-refractivity contribution in [2.24, 2.45) is 0 Å². The van der Waals surface area contributed by atoms with Gasteiger partial charge in [-0.25, -0.2) is 8.78 Å². The molecule has 22 heavy (non-hydrogen) atoms. The Morgan fingerprint density at radius 1 is 1.09 bits per heavy atom. The van der Waals surface area contributed by atoms with E-state index in [0.717, 1.165) is 5.69 Å². The molecule has 0 bridgehead atoms. The van der Waals surface area contributed by atoms with Crippen molar-refractivity contribution in [3.63, 3.8) is 0 Å². The molecule has 0 spiro atoms. The lowest BCUT2D eigenvalue weighted by molar-refractivity contribution is 0.295. The summed E-state index contributed by atoms with van der Waals surface area (Å²) < 4.78 is 27.9. The third kappa shape index (κ3) is 3.60. The minimum Gasteiger partial charge on any atom is -0.383 e. The summed E-state index contributed by atoms with van der Waals surface area (Å²) in [5.74, 6) is -1.11. The molecule has 0 aliphatic rings. The number of nitrogens with zero attached hydrogens (tertiary/aromatic N) is 2. The van der Waals surface area contributed by atoms with Crippen LogP contribution in [0, 0.1) is 23.0 Å². The largest absolute Gasteiger partial charge is 0.383 e. The molecule has 0 aliphatic carbocycles. The minimum atomic E-state index is -0.555. The van der Waals surface area contributed by atoms with Gasteiger partial charge in [-0.3, -0.25) is 0 Å². The predicted octanol–water partition coefficient (Wildman–Crippen LogP) is 3.55. The summed E-state index contributed by atoms with van der Waals surface area (Å²) in [4.78, 5) is 1.76. The van der Waals surface area contributed by atoms with Crippen molar-refractivity contribution in [1.82, 2.24) is 4.90 Å². The summed E-state index contributed by atoms with van der Waals surface area (Å²) in [5, 5.41) is 11.9. The molecular formula is C17H17F2N3. The smallest absolute Gasteiger partial charge is 0.130 e. The zero-order chi connectivity index (χ0) is 16.1. The van der Waals surface area contributed by atoms with E-state index in [2.05, 4.69) is 5.32 Å². The monoisotopic (exact) mass is 301 g/mol. The average molecular weight is 301 g/mol. The summed E-state index contributed by atoms with van der Waals surface area (Å²) >= 11 is 0. The molecule has 1 atom stereocenters. The van der Waals surface area contributed by atoms with Crippen molar-refractivity contribution < 1.29 is 8.78 Å². The SMILES string of the molecule is CN(C)C(CNc1ccc(C#N)cc1)c1c(F)cccc1F. The Morgan fingerprint density at radius 2 is 1.68 bits per heavy atom. The molecule has 1 N–H and O–H groups in total. The van der Waals surface area contributed by atoms with Crippen molar-refractivity contribution >= 4 is 5.69 Å². The Kier molecular flexibility index (Phi) is 5.08. The van der Waals surface area contributed by atoms with Gasteiger partial charge in [0.1, 0.15) is 11.6 Å². The van der Waals surface area contributed by atoms with E-state index in [1.165, 1.54) is 18.2 Å². The molecular weight excluding hydrogens is 284 g/mol. The van der Waals surface area contributed by atoms with E-state index in [-0.39, 0.29) is 5.56 Å². The van der Waals surface area contributed by atoms with Gasteiger partial charge >= 0.3 is 0 Å². The second-order valence-electron chi connectivity index (χ2n) is 5.18. The second kappa shape index (κ2) is 7.01. The van der Waals surface area contributed by atoms with Crippen LogP contribution < -0.4 is 5.32 Å². The van der Waals surface area contributed by atoms with E-state index in [0.29, 0.717) is 12.1 Å². The molecule has 0 saturated heterocycles. The van der Waals surface area contributed by atoms with Gasteiger partial charge in [-0.1, -0.05) is 6.07 Å². The van der Waals surface area contributed by atoms with Crippen molar-refractivity contribution in [2.45, 2.75) is 6.04 Å². The molecule has 0 radical (unpaired) electrons. The van der Waals surface area contributed by atoms with Crippen LogP contribution in [0.1, 0.15) is 17.2 Å². The van der Waals surface area contributed by atoms with Crippen LogP contribution in [0.2, 0.25) is 0 Å². The molecule has 0 fully saturated rings. The number of nitriles is 1. The van der Waals surface area contributed by atoms with Gasteiger partial charge < -0.3 is 10.2 Å². The molecule has 5 heteroatoms. The van der Waals surface area contributed by atoms with Crippen molar-refractivity contribution in [3.8, 4) is 6.07 Å². The van der Waals surface area contributed by atoms with Crippen LogP contribution in [0.25, 0.3) is 0 Å². The number of rotatable bonds is 5. The first kappa shape index (κ1) is 15.9. The third-order valence-electron chi connectivity index (χ3n) is 3.47. The molecule has 0 saturated carbocycles. The molecule has 2 rings (SSSR count). The fraction of sp³-hybridized carbons (Fsp3) is 0.235. The van der Waals surface area contributed by atoms with E-state index in [4.69, 9.17) is 5.26 Å². The Hall–Kier alpha value is -2.45. The number of likely N-dealkylation sites (N-methyl/N-ethyl adjacent to an activating group) is 1. The quantitative estimate of drug-likeness (QED) is 0.918. The zero-order valence-corrected chi connectivity index (χ0v) is 12.5. The maximum atomic E-state index is 14.0. The molecule has 2 aromatic carbocycles. The molecule has 0 amide bonds. The van der Waals surface area contributed by atoms with E-state index >= 15 is 0 Å². The van der Waals surface area contributed by atoms with Crippen LogP contribution in [-0.4, -0.2) is 25.5 Å². The highest BCUT2D eigenvalue weighted by Gasteiger charge is 2.21. The Bertz CT molecular complexity index is 655. The Labute approximate surface area is 128 Å². The van der Waals surface area contributed by atoms with E-state index < -0.39 is 17.7 Å². The third-order valence-corrected chi connectivity index (χ3v) is 3.47. The van der Waals surface area contributed by atoms with Gasteiger partial charge in [-0.15, -0.1) is 0 Å². The lowest BCUT2D eigenvalue weighted by Crippen LogP contribution is -2.28. The van der Waals surface area contributed by atoms with Gasteiger partial charge in [0.25, 0.3) is 0 Å². The van der Waals surface area contributed by atoms with Crippen molar-refractivity contribution in [3.05, 3.63) is 65.2 Å². The molecule has 0 aliphatic heterocycles. The Morgan fingerprint density at radius 3 is 2.18 bits per heavy atom. The number of anilines is 1. The number of halogens is 2. The lowest BCUT2D eigenvalue weighted by atomic mass is 10.0. The van der Waals surface area contributed by atoms with Gasteiger partial charge in [-0.2, -0.15) is 5.26 Å². The maximum Gasteiger partial charge on any atom is 0.130 e. The van der Waals surface area contributed by atoms with Gasteiger partial charge in [0.15, 0.2) is 0 Å². The standard InChI is InChI=1S/C17H17F2N3/c1-22(2)16(17-14(18)4-3-5-15(17)19)11-21-13-8-6-12(10-20)7-9-13/h3-9,16,21H,11H2,1-2H3. The molecule has 3 nitrogen and oxygen atoms in total. The molecule has 0 aromatic heterocycles. The van der Waals surface area contributed by atoms with E-state index in [1.807, 2.05) is 6.07 Å². The topological polar surface area (TPSA) is 39.1 Å². The Balaban J connectivity index is 2.17. The molecule has 0 heterocycles. The average Bonchev–Trinajstić information content (AvgIpc) is 2.50. The van der Waals surface area contributed by atoms with Crippen LogP contribution in [0.3, 0.4) is 0 Å². The fourth-order valence-corrected chi connectivity index (χ4v) is 2.25. The number of nitrogens with one attached hydrogen (secondary N) is 1. The maximum absolute atomic E-state index is 14.0. The number of hydrogen-bond donors (Lipinski definition) is 1. The highest BCUT2D eigenvalue weighted by atomic mass is 19.1. The van der Waals surface area contributed by atoms with Gasteiger partial charge in [-0.05, 0) is 50.5 Å². The van der Waals surface area contributed by atoms with Gasteiger partial charge in [0.2, 0.25) is 0 Å². The summed E-state index contributed by atoms with van der Waals surface area (Å²) in [6, 6.07) is 12.4. The number of benzene rings is 2. The van der Waals surface area contributed by atoms with Crippen LogP contribution in [0.4, 0.5) is 14.5 Å². The highest BCUT2D eigenvalue weighted by Crippen LogP contribution is 2.25. The summed E-state index contributed by atoms with van der Waals surface area (Å²) in [7, 11) is 3.55. The van der Waals surface area contributed by atoms with Gasteiger partial charge in [0.05, 0.1) is 17.7 Å². The van der Waals surface area contributed by atoms with E-state index in [9.17, 15) is 8.78 Å². The summed E-state index contributed by atoms with van der Waals surface area (Å²) in [5.41, 5.74) is 1.41. The highest BCUT2D eigenvalue weighted by molar-refractivity contribution is 5.47.